The zero-order chi connectivity index (χ0) is 17.5. The van der Waals surface area contributed by atoms with E-state index in [1.54, 1.807) is 12.1 Å². The van der Waals surface area contributed by atoms with E-state index in [1.165, 1.54) is 11.8 Å². The number of nitrogens with zero attached hydrogens (tertiary/aromatic N) is 1. The lowest BCUT2D eigenvalue weighted by molar-refractivity contribution is -0.149. The van der Waals surface area contributed by atoms with Crippen molar-refractivity contribution in [2.75, 3.05) is 25.4 Å². The second-order valence-electron chi connectivity index (χ2n) is 5.50. The maximum absolute atomic E-state index is 12.2. The number of ether oxygens (including phenoxy) is 1. The van der Waals surface area contributed by atoms with Crippen LogP contribution in [0.15, 0.2) is 28.7 Å². The molecule has 0 radical (unpaired) electrons. The van der Waals surface area contributed by atoms with Gasteiger partial charge < -0.3 is 9.64 Å². The Balaban J connectivity index is 1.76. The summed E-state index contributed by atoms with van der Waals surface area (Å²) in [7, 11) is 0. The number of esters is 1. The van der Waals surface area contributed by atoms with Crippen LogP contribution < -0.4 is 0 Å². The third-order valence-electron chi connectivity index (χ3n) is 3.87. The molecule has 7 heteroatoms. The topological polar surface area (TPSA) is 46.6 Å². The summed E-state index contributed by atoms with van der Waals surface area (Å²) in [6.07, 6.45) is 1.50. The first kappa shape index (κ1) is 19.4. The minimum Gasteiger partial charge on any atom is -0.466 e. The zero-order valence-corrected chi connectivity index (χ0v) is 16.7. The maximum Gasteiger partial charge on any atom is 0.309 e. The number of thioether (sulfide) groups is 1. The van der Waals surface area contributed by atoms with Crippen LogP contribution in [0.25, 0.3) is 0 Å². The second-order valence-corrected chi connectivity index (χ2v) is 8.02. The van der Waals surface area contributed by atoms with Crippen molar-refractivity contribution in [3.05, 3.63) is 34.3 Å². The summed E-state index contributed by atoms with van der Waals surface area (Å²) in [6.45, 7) is 3.72. The number of hydrogen-bond donors (Lipinski definition) is 0. The van der Waals surface area contributed by atoms with E-state index in [4.69, 9.17) is 17.0 Å². The monoisotopic (exact) mass is 429 g/mol. The van der Waals surface area contributed by atoms with E-state index in [9.17, 15) is 9.59 Å². The van der Waals surface area contributed by atoms with Gasteiger partial charge in [-0.15, -0.1) is 0 Å². The van der Waals surface area contributed by atoms with E-state index < -0.39 is 0 Å². The van der Waals surface area contributed by atoms with E-state index >= 15 is 0 Å². The van der Waals surface area contributed by atoms with E-state index in [0.29, 0.717) is 17.9 Å². The maximum atomic E-state index is 12.2. The van der Waals surface area contributed by atoms with Crippen LogP contribution in [-0.2, 0) is 9.53 Å². The molecule has 1 aliphatic heterocycles. The summed E-state index contributed by atoms with van der Waals surface area (Å²) in [4.78, 5) is 26.0. The van der Waals surface area contributed by atoms with Crippen LogP contribution in [0.5, 0.6) is 0 Å². The van der Waals surface area contributed by atoms with Crippen LogP contribution in [0.1, 0.15) is 30.1 Å². The molecule has 0 saturated carbocycles. The van der Waals surface area contributed by atoms with Gasteiger partial charge in [0, 0.05) is 23.1 Å². The highest BCUT2D eigenvalue weighted by Crippen LogP contribution is 2.22. The van der Waals surface area contributed by atoms with Gasteiger partial charge in [0.1, 0.15) is 4.32 Å². The number of carbonyl (C=O) groups excluding carboxylic acids is 2. The molecule has 0 aliphatic carbocycles. The molecular formula is C17H20BrNO3S2. The lowest BCUT2D eigenvalue weighted by Gasteiger charge is -2.32. The number of piperidine rings is 1. The molecule has 0 N–H and O–H groups in total. The Kier molecular flexibility index (Phi) is 7.71. The average molecular weight is 430 g/mol. The van der Waals surface area contributed by atoms with Crippen molar-refractivity contribution in [1.29, 1.82) is 0 Å². The van der Waals surface area contributed by atoms with E-state index in [2.05, 4.69) is 20.8 Å². The van der Waals surface area contributed by atoms with Gasteiger partial charge in [0.15, 0.2) is 5.78 Å². The molecule has 1 aromatic rings. The van der Waals surface area contributed by atoms with Crippen LogP contribution in [0.2, 0.25) is 0 Å². The highest BCUT2D eigenvalue weighted by molar-refractivity contribution is 9.10. The molecular weight excluding hydrogens is 410 g/mol. The Labute approximate surface area is 160 Å². The predicted octanol–water partition coefficient (Wildman–Crippen LogP) is 3.93. The van der Waals surface area contributed by atoms with Crippen LogP contribution in [-0.4, -0.2) is 46.4 Å². The summed E-state index contributed by atoms with van der Waals surface area (Å²) in [5.74, 6) is 0.258. The Morgan fingerprint density at radius 1 is 1.29 bits per heavy atom. The van der Waals surface area contributed by atoms with Crippen LogP contribution in [0.3, 0.4) is 0 Å². The Morgan fingerprint density at radius 2 is 1.92 bits per heavy atom. The minimum absolute atomic E-state index is 0.0293. The first-order valence-electron chi connectivity index (χ1n) is 7.88. The first-order chi connectivity index (χ1) is 11.5. The third-order valence-corrected chi connectivity index (χ3v) is 5.92. The van der Waals surface area contributed by atoms with Crippen molar-refractivity contribution in [3.8, 4) is 0 Å². The van der Waals surface area contributed by atoms with Crippen LogP contribution in [0, 0.1) is 5.92 Å². The van der Waals surface area contributed by atoms with Crippen molar-refractivity contribution in [1.82, 2.24) is 4.90 Å². The lowest BCUT2D eigenvalue weighted by Crippen LogP contribution is -2.39. The number of benzene rings is 1. The van der Waals surface area contributed by atoms with E-state index in [-0.39, 0.29) is 17.7 Å². The molecule has 1 heterocycles. The van der Waals surface area contributed by atoms with Crippen molar-refractivity contribution < 1.29 is 14.3 Å². The SMILES string of the molecule is CCOC(=O)C1CCN(C(=S)SCC(=O)c2ccc(Br)cc2)CC1. The lowest BCUT2D eigenvalue weighted by atomic mass is 9.97. The number of rotatable bonds is 5. The number of halogens is 1. The molecule has 2 rings (SSSR count). The van der Waals surface area contributed by atoms with Gasteiger partial charge in [0.05, 0.1) is 18.3 Å². The molecule has 1 aromatic carbocycles. The molecule has 0 bridgehead atoms. The zero-order valence-electron chi connectivity index (χ0n) is 13.5. The number of ketones is 1. The molecule has 0 aromatic heterocycles. The fraction of sp³-hybridized carbons (Fsp3) is 0.471. The molecule has 0 spiro atoms. The average Bonchev–Trinajstić information content (AvgIpc) is 2.60. The number of likely N-dealkylation sites (tertiary alicyclic amines) is 1. The Hall–Kier alpha value is -0.920. The summed E-state index contributed by atoms with van der Waals surface area (Å²) < 4.78 is 6.75. The van der Waals surface area contributed by atoms with Gasteiger partial charge in [-0.1, -0.05) is 52.0 Å². The molecule has 0 unspecified atom stereocenters. The van der Waals surface area contributed by atoms with E-state index in [1.807, 2.05) is 19.1 Å². The number of Topliss-reactive ketones (excluding diaryl/α,β-unsaturated/α-hetero) is 1. The van der Waals surface area contributed by atoms with Gasteiger partial charge in [-0.25, -0.2) is 0 Å². The highest BCUT2D eigenvalue weighted by Gasteiger charge is 2.27. The number of carbonyl (C=O) groups is 2. The van der Waals surface area contributed by atoms with Gasteiger partial charge in [-0.3, -0.25) is 9.59 Å². The molecule has 1 fully saturated rings. The molecule has 24 heavy (non-hydrogen) atoms. The summed E-state index contributed by atoms with van der Waals surface area (Å²) in [5.41, 5.74) is 0.689. The molecule has 1 aliphatic rings. The van der Waals surface area contributed by atoms with Gasteiger partial charge in [0.2, 0.25) is 0 Å². The minimum atomic E-state index is -0.110. The third kappa shape index (κ3) is 5.57. The van der Waals surface area contributed by atoms with Crippen molar-refractivity contribution >= 4 is 56.0 Å². The number of hydrogen-bond acceptors (Lipinski definition) is 5. The largest absolute Gasteiger partial charge is 0.466 e. The highest BCUT2D eigenvalue weighted by atomic mass is 79.9. The Morgan fingerprint density at radius 3 is 2.50 bits per heavy atom. The van der Waals surface area contributed by atoms with Gasteiger partial charge >= 0.3 is 5.97 Å². The second kappa shape index (κ2) is 9.53. The summed E-state index contributed by atoms with van der Waals surface area (Å²) >= 11 is 10.2. The Bertz CT molecular complexity index is 598. The molecule has 1 saturated heterocycles. The summed E-state index contributed by atoms with van der Waals surface area (Å²) in [5, 5.41) is 0. The smallest absolute Gasteiger partial charge is 0.309 e. The fourth-order valence-electron chi connectivity index (χ4n) is 2.50. The normalized spacial score (nSPS) is 15.2. The number of thiocarbonyl (C=S) groups is 1. The van der Waals surface area contributed by atoms with Gasteiger partial charge in [0.25, 0.3) is 0 Å². The fourth-order valence-corrected chi connectivity index (χ4v) is 3.91. The molecule has 0 atom stereocenters. The summed E-state index contributed by atoms with van der Waals surface area (Å²) in [6, 6.07) is 7.33. The molecule has 0 amide bonds. The predicted molar refractivity (Wildman–Crippen MR) is 104 cm³/mol. The van der Waals surface area contributed by atoms with Gasteiger partial charge in [-0.2, -0.15) is 0 Å². The van der Waals surface area contributed by atoms with Crippen molar-refractivity contribution in [2.24, 2.45) is 5.92 Å². The van der Waals surface area contributed by atoms with Crippen LogP contribution >= 0.6 is 39.9 Å². The standard InChI is InChI=1S/C17H20BrNO3S2/c1-2-22-16(21)13-7-9-19(10-8-13)17(23)24-11-15(20)12-3-5-14(18)6-4-12/h3-6,13H,2,7-11H2,1H3. The molecule has 4 nitrogen and oxygen atoms in total. The van der Waals surface area contributed by atoms with Gasteiger partial charge in [-0.05, 0) is 31.9 Å². The first-order valence-corrected chi connectivity index (χ1v) is 10.1. The molecule has 130 valence electrons. The van der Waals surface area contributed by atoms with Crippen LogP contribution in [0.4, 0.5) is 0 Å². The van der Waals surface area contributed by atoms with Crippen molar-refractivity contribution in [2.45, 2.75) is 19.8 Å². The van der Waals surface area contributed by atoms with Crippen molar-refractivity contribution in [3.63, 3.8) is 0 Å². The van der Waals surface area contributed by atoms with E-state index in [0.717, 1.165) is 34.7 Å². The quantitative estimate of drug-likeness (QED) is 0.401.